The van der Waals surface area contributed by atoms with Crippen LogP contribution in [0.25, 0.3) is 0 Å². The molecule has 6 heteroatoms. The van der Waals surface area contributed by atoms with Gasteiger partial charge in [-0.2, -0.15) is 5.10 Å². The van der Waals surface area contributed by atoms with Crippen LogP contribution < -0.4 is 0 Å². The van der Waals surface area contributed by atoms with Crippen LogP contribution >= 0.6 is 11.3 Å². The van der Waals surface area contributed by atoms with Crippen molar-refractivity contribution < 1.29 is 4.79 Å². The molecule has 3 heterocycles. The van der Waals surface area contributed by atoms with E-state index in [1.807, 2.05) is 17.2 Å². The van der Waals surface area contributed by atoms with E-state index in [9.17, 15) is 4.79 Å². The van der Waals surface area contributed by atoms with Crippen molar-refractivity contribution in [3.8, 4) is 0 Å². The summed E-state index contributed by atoms with van der Waals surface area (Å²) >= 11 is 1.62. The van der Waals surface area contributed by atoms with Gasteiger partial charge in [-0.15, -0.1) is 11.3 Å². The monoisotopic (exact) mass is 276 g/mol. The molecule has 0 saturated carbocycles. The number of H-pyrrole nitrogens is 1. The lowest BCUT2D eigenvalue weighted by Crippen LogP contribution is -2.38. The van der Waals surface area contributed by atoms with Crippen molar-refractivity contribution in [3.05, 3.63) is 34.0 Å². The summed E-state index contributed by atoms with van der Waals surface area (Å²) in [4.78, 5) is 19.0. The minimum Gasteiger partial charge on any atom is -0.329 e. The first-order valence-electron chi connectivity index (χ1n) is 6.47. The van der Waals surface area contributed by atoms with Crippen molar-refractivity contribution in [2.24, 2.45) is 0 Å². The fourth-order valence-electron chi connectivity index (χ4n) is 2.55. The highest BCUT2D eigenvalue weighted by Crippen LogP contribution is 2.33. The Hall–Kier alpha value is -1.69. The molecule has 1 amide bonds. The molecule has 1 atom stereocenters. The summed E-state index contributed by atoms with van der Waals surface area (Å²) in [6.07, 6.45) is 6.63. The molecule has 0 radical (unpaired) electrons. The number of carbonyl (C=O) groups excluding carboxylic acids is 1. The third kappa shape index (κ3) is 2.28. The Labute approximate surface area is 115 Å². The number of aromatic amines is 1. The van der Waals surface area contributed by atoms with E-state index >= 15 is 0 Å². The number of carbonyl (C=O) groups is 1. The highest BCUT2D eigenvalue weighted by molar-refractivity contribution is 7.09. The Morgan fingerprint density at radius 1 is 1.53 bits per heavy atom. The molecule has 100 valence electrons. The van der Waals surface area contributed by atoms with Crippen molar-refractivity contribution in [1.82, 2.24) is 20.1 Å². The fraction of sp³-hybridized carbons (Fsp3) is 0.462. The minimum absolute atomic E-state index is 0.0613. The maximum absolute atomic E-state index is 12.6. The van der Waals surface area contributed by atoms with E-state index in [2.05, 4.69) is 15.2 Å². The second-order valence-electron chi connectivity index (χ2n) is 4.79. The maximum Gasteiger partial charge on any atom is 0.257 e. The number of hydrogen-bond donors (Lipinski definition) is 1. The Bertz CT molecular complexity index is 563. The number of hydrogen-bond acceptors (Lipinski definition) is 4. The molecule has 19 heavy (non-hydrogen) atoms. The predicted octanol–water partition coefficient (Wildman–Crippen LogP) is 2.54. The van der Waals surface area contributed by atoms with Gasteiger partial charge in [0, 0.05) is 23.8 Å². The van der Waals surface area contributed by atoms with Gasteiger partial charge in [0.1, 0.15) is 5.01 Å². The number of piperidine rings is 1. The number of aryl methyl sites for hydroxylation is 1. The molecule has 2 aromatic heterocycles. The zero-order valence-electron chi connectivity index (χ0n) is 10.8. The van der Waals surface area contributed by atoms with E-state index in [0.29, 0.717) is 5.56 Å². The minimum atomic E-state index is 0.0613. The lowest BCUT2D eigenvalue weighted by Gasteiger charge is -2.34. The molecule has 1 unspecified atom stereocenters. The second kappa shape index (κ2) is 5.13. The van der Waals surface area contributed by atoms with Crippen molar-refractivity contribution >= 4 is 17.2 Å². The van der Waals surface area contributed by atoms with Gasteiger partial charge in [-0.25, -0.2) is 4.98 Å². The molecule has 1 aliphatic heterocycles. The van der Waals surface area contributed by atoms with Gasteiger partial charge in [-0.1, -0.05) is 0 Å². The van der Waals surface area contributed by atoms with Crippen LogP contribution in [0.4, 0.5) is 0 Å². The quantitative estimate of drug-likeness (QED) is 0.917. The van der Waals surface area contributed by atoms with Crippen LogP contribution in [0.1, 0.15) is 46.4 Å². The number of likely N-dealkylation sites (tertiary alicyclic amines) is 1. The predicted molar refractivity (Wildman–Crippen MR) is 73.1 cm³/mol. The van der Waals surface area contributed by atoms with Crippen molar-refractivity contribution in [2.75, 3.05) is 6.54 Å². The summed E-state index contributed by atoms with van der Waals surface area (Å²) in [5.41, 5.74) is 1.50. The maximum atomic E-state index is 12.6. The molecule has 1 N–H and O–H groups in total. The molecule has 0 bridgehead atoms. The van der Waals surface area contributed by atoms with Crippen LogP contribution in [0.2, 0.25) is 0 Å². The van der Waals surface area contributed by atoms with Gasteiger partial charge in [0.05, 0.1) is 17.8 Å². The van der Waals surface area contributed by atoms with Gasteiger partial charge < -0.3 is 4.90 Å². The van der Waals surface area contributed by atoms with E-state index < -0.39 is 0 Å². The number of nitrogens with one attached hydrogen (secondary N) is 1. The molecule has 2 aromatic rings. The molecule has 0 aromatic carbocycles. The largest absolute Gasteiger partial charge is 0.329 e. The van der Waals surface area contributed by atoms with E-state index in [1.54, 1.807) is 23.7 Å². The second-order valence-corrected chi connectivity index (χ2v) is 5.72. The Balaban J connectivity index is 1.89. The molecule has 0 aliphatic carbocycles. The van der Waals surface area contributed by atoms with Crippen molar-refractivity contribution in [3.63, 3.8) is 0 Å². The molecule has 0 spiro atoms. The van der Waals surface area contributed by atoms with Crippen LogP contribution in [0.3, 0.4) is 0 Å². The SMILES string of the molecule is Cc1[nH]ncc1C(=O)N1CCCCC1c1nccs1. The standard InChI is InChI=1S/C13H16N4OS/c1-9-10(8-15-16-9)13(18)17-6-3-2-4-11(17)12-14-5-7-19-12/h5,7-8,11H,2-4,6H2,1H3,(H,15,16). The molecule has 1 aliphatic rings. The smallest absolute Gasteiger partial charge is 0.257 e. The summed E-state index contributed by atoms with van der Waals surface area (Å²) in [6, 6.07) is 0.121. The summed E-state index contributed by atoms with van der Waals surface area (Å²) < 4.78 is 0. The zero-order valence-corrected chi connectivity index (χ0v) is 11.6. The third-order valence-electron chi connectivity index (χ3n) is 3.56. The summed E-state index contributed by atoms with van der Waals surface area (Å²) in [5, 5.41) is 9.77. The van der Waals surface area contributed by atoms with Gasteiger partial charge in [0.2, 0.25) is 0 Å². The van der Waals surface area contributed by atoms with E-state index in [0.717, 1.165) is 36.5 Å². The highest BCUT2D eigenvalue weighted by Gasteiger charge is 2.31. The van der Waals surface area contributed by atoms with Gasteiger partial charge in [0.15, 0.2) is 0 Å². The zero-order chi connectivity index (χ0) is 13.2. The first-order valence-corrected chi connectivity index (χ1v) is 7.35. The number of amides is 1. The lowest BCUT2D eigenvalue weighted by molar-refractivity contribution is 0.0610. The molecule has 5 nitrogen and oxygen atoms in total. The summed E-state index contributed by atoms with van der Waals surface area (Å²) in [6.45, 7) is 2.68. The summed E-state index contributed by atoms with van der Waals surface area (Å²) in [5.74, 6) is 0.0613. The van der Waals surface area contributed by atoms with Crippen LogP contribution in [-0.2, 0) is 0 Å². The van der Waals surface area contributed by atoms with E-state index in [1.165, 1.54) is 0 Å². The number of rotatable bonds is 2. The van der Waals surface area contributed by atoms with Crippen LogP contribution in [-0.4, -0.2) is 32.5 Å². The van der Waals surface area contributed by atoms with Crippen molar-refractivity contribution in [2.45, 2.75) is 32.2 Å². The lowest BCUT2D eigenvalue weighted by atomic mass is 10.0. The van der Waals surface area contributed by atoms with E-state index in [4.69, 9.17) is 0 Å². The molecular formula is C13H16N4OS. The number of nitrogens with zero attached hydrogens (tertiary/aromatic N) is 3. The number of thiazole rings is 1. The topological polar surface area (TPSA) is 61.9 Å². The molecule has 3 rings (SSSR count). The van der Waals surface area contributed by atoms with Gasteiger partial charge in [-0.3, -0.25) is 9.89 Å². The third-order valence-corrected chi connectivity index (χ3v) is 4.44. The van der Waals surface area contributed by atoms with Crippen molar-refractivity contribution in [1.29, 1.82) is 0 Å². The molecular weight excluding hydrogens is 260 g/mol. The average molecular weight is 276 g/mol. The van der Waals surface area contributed by atoms with Crippen LogP contribution in [0.5, 0.6) is 0 Å². The first kappa shape index (κ1) is 12.3. The van der Waals surface area contributed by atoms with Crippen LogP contribution in [0, 0.1) is 6.92 Å². The average Bonchev–Trinajstić information content (AvgIpc) is 3.09. The van der Waals surface area contributed by atoms with E-state index in [-0.39, 0.29) is 11.9 Å². The Morgan fingerprint density at radius 2 is 2.42 bits per heavy atom. The van der Waals surface area contributed by atoms with Gasteiger partial charge in [0.25, 0.3) is 5.91 Å². The molecule has 1 saturated heterocycles. The Kier molecular flexibility index (Phi) is 3.33. The Morgan fingerprint density at radius 3 is 3.11 bits per heavy atom. The fourth-order valence-corrected chi connectivity index (χ4v) is 3.34. The summed E-state index contributed by atoms with van der Waals surface area (Å²) in [7, 11) is 0. The van der Waals surface area contributed by atoms with Crippen LogP contribution in [0.15, 0.2) is 17.8 Å². The van der Waals surface area contributed by atoms with Gasteiger partial charge >= 0.3 is 0 Å². The molecule has 1 fully saturated rings. The first-order chi connectivity index (χ1) is 9.27. The number of aromatic nitrogens is 3. The highest BCUT2D eigenvalue weighted by atomic mass is 32.1. The normalized spacial score (nSPS) is 19.6. The van der Waals surface area contributed by atoms with Gasteiger partial charge in [-0.05, 0) is 26.2 Å².